The van der Waals surface area contributed by atoms with Crippen LogP contribution in [-0.4, -0.2) is 41.9 Å². The van der Waals surface area contributed by atoms with Crippen molar-refractivity contribution in [3.05, 3.63) is 23.3 Å². The highest BCUT2D eigenvalue weighted by Gasteiger charge is 2.27. The Bertz CT molecular complexity index is 614. The van der Waals surface area contributed by atoms with E-state index < -0.39 is 5.97 Å². The number of rotatable bonds is 6. The smallest absolute Gasteiger partial charge is 0.313 e. The van der Waals surface area contributed by atoms with Crippen LogP contribution >= 0.6 is 0 Å². The number of carbonyl (C=O) groups is 3. The maximum absolute atomic E-state index is 12.1. The van der Waals surface area contributed by atoms with E-state index in [1.807, 2.05) is 0 Å². The zero-order valence-corrected chi connectivity index (χ0v) is 13.3. The molecule has 1 unspecified atom stereocenters. The third-order valence-electron chi connectivity index (χ3n) is 3.98. The molecule has 1 aromatic heterocycles. The lowest BCUT2D eigenvalue weighted by Crippen LogP contribution is -2.26. The first-order valence-electron chi connectivity index (χ1n) is 7.53. The average Bonchev–Trinajstić information content (AvgIpc) is 2.58. The van der Waals surface area contributed by atoms with Crippen LogP contribution in [-0.2, 0) is 43.1 Å². The van der Waals surface area contributed by atoms with E-state index in [0.717, 1.165) is 11.3 Å². The molecule has 0 saturated heterocycles. The molecule has 0 radical (unpaired) electrons. The van der Waals surface area contributed by atoms with E-state index in [2.05, 4.69) is 19.4 Å². The molecule has 0 aromatic carbocycles. The van der Waals surface area contributed by atoms with Gasteiger partial charge in [0.2, 0.25) is 0 Å². The van der Waals surface area contributed by atoms with Gasteiger partial charge in [-0.3, -0.25) is 14.4 Å². The van der Waals surface area contributed by atoms with Crippen molar-refractivity contribution in [2.45, 2.75) is 38.5 Å². The fraction of sp³-hybridized carbons (Fsp3) is 0.562. The van der Waals surface area contributed by atoms with Gasteiger partial charge in [0, 0.05) is 24.2 Å². The molecule has 124 valence electrons. The van der Waals surface area contributed by atoms with Crippen LogP contribution in [0.15, 0.2) is 6.20 Å². The number of methoxy groups -OCH3 is 2. The summed E-state index contributed by atoms with van der Waals surface area (Å²) >= 11 is 0. The van der Waals surface area contributed by atoms with Crippen LogP contribution in [0.1, 0.15) is 36.3 Å². The number of aryl methyl sites for hydroxylation is 2. The molecule has 7 heteroatoms. The highest BCUT2D eigenvalue weighted by molar-refractivity contribution is 5.96. The summed E-state index contributed by atoms with van der Waals surface area (Å²) in [7, 11) is 2.62. The van der Waals surface area contributed by atoms with E-state index in [4.69, 9.17) is 0 Å². The van der Waals surface area contributed by atoms with Gasteiger partial charge in [0.25, 0.3) is 0 Å². The summed E-state index contributed by atoms with van der Waals surface area (Å²) in [4.78, 5) is 43.1. The fourth-order valence-corrected chi connectivity index (χ4v) is 2.62. The molecule has 0 aliphatic heterocycles. The van der Waals surface area contributed by atoms with Gasteiger partial charge in [-0.2, -0.15) is 0 Å². The molecule has 1 aliphatic rings. The van der Waals surface area contributed by atoms with Gasteiger partial charge in [-0.15, -0.1) is 0 Å². The Morgan fingerprint density at radius 3 is 2.65 bits per heavy atom. The average molecular weight is 320 g/mol. The van der Waals surface area contributed by atoms with Crippen molar-refractivity contribution in [1.29, 1.82) is 0 Å². The number of nitrogens with zero attached hydrogens (tertiary/aromatic N) is 2. The van der Waals surface area contributed by atoms with Gasteiger partial charge in [0.15, 0.2) is 0 Å². The van der Waals surface area contributed by atoms with E-state index in [9.17, 15) is 14.4 Å². The van der Waals surface area contributed by atoms with Gasteiger partial charge in [0.1, 0.15) is 18.0 Å². The zero-order valence-electron chi connectivity index (χ0n) is 13.3. The molecule has 0 amide bonds. The molecule has 0 saturated carbocycles. The first-order chi connectivity index (χ1) is 11.0. The molecule has 2 rings (SSSR count). The highest BCUT2D eigenvalue weighted by atomic mass is 16.5. The molecule has 0 N–H and O–H groups in total. The van der Waals surface area contributed by atoms with Crippen LogP contribution in [0.2, 0.25) is 0 Å². The molecule has 0 fully saturated rings. The number of esters is 2. The van der Waals surface area contributed by atoms with Crippen molar-refractivity contribution in [2.24, 2.45) is 5.92 Å². The van der Waals surface area contributed by atoms with Crippen LogP contribution in [0, 0.1) is 5.92 Å². The van der Waals surface area contributed by atoms with Crippen molar-refractivity contribution in [3.8, 4) is 0 Å². The molecule has 0 spiro atoms. The van der Waals surface area contributed by atoms with Crippen molar-refractivity contribution < 1.29 is 23.9 Å². The highest BCUT2D eigenvalue weighted by Crippen LogP contribution is 2.25. The van der Waals surface area contributed by atoms with Crippen molar-refractivity contribution in [3.63, 3.8) is 0 Å². The lowest BCUT2D eigenvalue weighted by Gasteiger charge is -2.22. The standard InChI is InChI=1S/C16H20N2O5/c1-22-15(20)6-5-14-17-9-11-7-10(3-4-12(11)18-14)13(19)8-16(21)23-2/h9-10H,3-8H2,1-2H3. The fourth-order valence-electron chi connectivity index (χ4n) is 2.62. The molecular formula is C16H20N2O5. The summed E-state index contributed by atoms with van der Waals surface area (Å²) in [5.74, 6) is -0.480. The third kappa shape index (κ3) is 4.58. The summed E-state index contributed by atoms with van der Waals surface area (Å²) in [6.45, 7) is 0. The number of carbonyl (C=O) groups excluding carboxylic acids is 3. The van der Waals surface area contributed by atoms with Gasteiger partial charge >= 0.3 is 11.9 Å². The van der Waals surface area contributed by atoms with Crippen LogP contribution in [0.4, 0.5) is 0 Å². The maximum atomic E-state index is 12.1. The maximum Gasteiger partial charge on any atom is 0.313 e. The molecular weight excluding hydrogens is 300 g/mol. The van der Waals surface area contributed by atoms with E-state index in [1.54, 1.807) is 6.20 Å². The van der Waals surface area contributed by atoms with Crippen LogP contribution in [0.5, 0.6) is 0 Å². The minimum atomic E-state index is -0.504. The van der Waals surface area contributed by atoms with Gasteiger partial charge in [-0.05, 0) is 24.8 Å². The normalized spacial score (nSPS) is 16.3. The summed E-state index contributed by atoms with van der Waals surface area (Å²) in [5, 5.41) is 0. The largest absolute Gasteiger partial charge is 0.469 e. The number of hydrogen-bond acceptors (Lipinski definition) is 7. The number of hydrogen-bond donors (Lipinski definition) is 0. The Morgan fingerprint density at radius 2 is 1.96 bits per heavy atom. The molecule has 0 bridgehead atoms. The van der Waals surface area contributed by atoms with Crippen LogP contribution in [0.3, 0.4) is 0 Å². The summed E-state index contributed by atoms with van der Waals surface area (Å²) in [5.41, 5.74) is 1.85. The zero-order chi connectivity index (χ0) is 16.8. The second kappa shape index (κ2) is 7.80. The molecule has 23 heavy (non-hydrogen) atoms. The Hall–Kier alpha value is -2.31. The summed E-state index contributed by atoms with van der Waals surface area (Å²) < 4.78 is 9.13. The minimum Gasteiger partial charge on any atom is -0.469 e. The molecule has 1 aliphatic carbocycles. The molecule has 1 atom stereocenters. The van der Waals surface area contributed by atoms with Gasteiger partial charge in [-0.1, -0.05) is 0 Å². The summed E-state index contributed by atoms with van der Waals surface area (Å²) in [6, 6.07) is 0. The number of aromatic nitrogens is 2. The Morgan fingerprint density at radius 1 is 1.22 bits per heavy atom. The predicted octanol–water partition coefficient (Wildman–Crippen LogP) is 0.819. The lowest BCUT2D eigenvalue weighted by molar-refractivity contribution is -0.144. The van der Waals surface area contributed by atoms with Gasteiger partial charge in [0.05, 0.1) is 20.6 Å². The monoisotopic (exact) mass is 320 g/mol. The first kappa shape index (κ1) is 17.1. The molecule has 1 aromatic rings. The van der Waals surface area contributed by atoms with Crippen molar-refractivity contribution in [2.75, 3.05) is 14.2 Å². The lowest BCUT2D eigenvalue weighted by atomic mass is 9.83. The van der Waals surface area contributed by atoms with E-state index in [0.29, 0.717) is 31.5 Å². The third-order valence-corrected chi connectivity index (χ3v) is 3.98. The van der Waals surface area contributed by atoms with E-state index >= 15 is 0 Å². The minimum absolute atomic E-state index is 0.0998. The van der Waals surface area contributed by atoms with Crippen molar-refractivity contribution in [1.82, 2.24) is 9.97 Å². The predicted molar refractivity (Wildman–Crippen MR) is 79.5 cm³/mol. The SMILES string of the molecule is COC(=O)CCc1ncc2c(n1)CCC(C(=O)CC(=O)OC)C2. The van der Waals surface area contributed by atoms with Gasteiger partial charge in [-0.25, -0.2) is 9.97 Å². The first-order valence-corrected chi connectivity index (χ1v) is 7.53. The number of ketones is 1. The molecule has 7 nitrogen and oxygen atoms in total. The van der Waals surface area contributed by atoms with Crippen LogP contribution < -0.4 is 0 Å². The second-order valence-electron chi connectivity index (χ2n) is 5.49. The number of Topliss-reactive ketones (excluding diaryl/α,β-unsaturated/α-hetero) is 1. The Labute approximate surface area is 134 Å². The topological polar surface area (TPSA) is 95.5 Å². The van der Waals surface area contributed by atoms with Crippen molar-refractivity contribution >= 4 is 17.7 Å². The Balaban J connectivity index is 1.98. The number of ether oxygens (including phenoxy) is 2. The van der Waals surface area contributed by atoms with E-state index in [-0.39, 0.29) is 30.5 Å². The van der Waals surface area contributed by atoms with Gasteiger partial charge < -0.3 is 9.47 Å². The quantitative estimate of drug-likeness (QED) is 0.565. The number of fused-ring (bicyclic) bond motifs is 1. The van der Waals surface area contributed by atoms with Crippen LogP contribution in [0.25, 0.3) is 0 Å². The second-order valence-corrected chi connectivity index (χ2v) is 5.49. The molecule has 1 heterocycles. The summed E-state index contributed by atoms with van der Waals surface area (Å²) in [6.07, 6.45) is 4.08. The Kier molecular flexibility index (Phi) is 5.78. The van der Waals surface area contributed by atoms with E-state index in [1.165, 1.54) is 14.2 Å².